The Morgan fingerprint density at radius 3 is 2.67 bits per heavy atom. The Bertz CT molecular complexity index is 841. The number of hydrogen-bond acceptors (Lipinski definition) is 4. The van der Waals surface area contributed by atoms with Gasteiger partial charge in [0.25, 0.3) is 11.5 Å². The molecule has 24 heavy (non-hydrogen) atoms. The Kier molecular flexibility index (Phi) is 3.55. The highest BCUT2D eigenvalue weighted by Crippen LogP contribution is 2.38. The van der Waals surface area contributed by atoms with Gasteiger partial charge in [0.1, 0.15) is 11.5 Å². The second kappa shape index (κ2) is 5.61. The summed E-state index contributed by atoms with van der Waals surface area (Å²) in [6.45, 7) is 5.54. The minimum absolute atomic E-state index is 0.00707. The van der Waals surface area contributed by atoms with E-state index in [2.05, 4.69) is 5.10 Å². The van der Waals surface area contributed by atoms with E-state index in [-0.39, 0.29) is 17.4 Å². The van der Waals surface area contributed by atoms with Crippen LogP contribution in [0.5, 0.6) is 0 Å². The first-order valence-corrected chi connectivity index (χ1v) is 8.45. The van der Waals surface area contributed by atoms with Crippen LogP contribution in [0, 0.1) is 19.8 Å². The first-order valence-electron chi connectivity index (χ1n) is 8.45. The molecule has 6 nitrogen and oxygen atoms in total. The molecule has 1 aliphatic carbocycles. The SMILES string of the molecule is Cc1cc(C(=O)N2CC(Cn3nc(C4CC4)ccc3=O)C2)c(C)o1. The van der Waals surface area contributed by atoms with Gasteiger partial charge in [0.2, 0.25) is 0 Å². The van der Waals surface area contributed by atoms with Crippen molar-refractivity contribution in [2.45, 2.75) is 39.2 Å². The average Bonchev–Trinajstić information content (AvgIpc) is 3.28. The Morgan fingerprint density at radius 1 is 1.29 bits per heavy atom. The number of hydrogen-bond donors (Lipinski definition) is 0. The van der Waals surface area contributed by atoms with Crippen LogP contribution in [0.15, 0.2) is 27.4 Å². The predicted octanol–water partition coefficient (Wildman–Crippen LogP) is 2.10. The summed E-state index contributed by atoms with van der Waals surface area (Å²) in [5.74, 6) is 2.23. The number of furan rings is 1. The molecule has 2 fully saturated rings. The number of nitrogens with zero attached hydrogens (tertiary/aromatic N) is 3. The molecular formula is C18H21N3O3. The minimum atomic E-state index is -0.0644. The van der Waals surface area contributed by atoms with Crippen LogP contribution in [0.25, 0.3) is 0 Å². The normalized spacial score (nSPS) is 17.8. The molecule has 6 heteroatoms. The van der Waals surface area contributed by atoms with Crippen molar-refractivity contribution >= 4 is 5.91 Å². The first-order chi connectivity index (χ1) is 11.5. The van der Waals surface area contributed by atoms with Crippen molar-refractivity contribution in [2.75, 3.05) is 13.1 Å². The minimum Gasteiger partial charge on any atom is -0.466 e. The summed E-state index contributed by atoms with van der Waals surface area (Å²) in [6.07, 6.45) is 2.33. The van der Waals surface area contributed by atoms with E-state index in [1.54, 1.807) is 21.7 Å². The molecule has 0 radical (unpaired) electrons. The van der Waals surface area contributed by atoms with Crippen molar-refractivity contribution in [1.29, 1.82) is 0 Å². The van der Waals surface area contributed by atoms with Gasteiger partial charge in [-0.15, -0.1) is 0 Å². The van der Waals surface area contributed by atoms with Crippen molar-refractivity contribution < 1.29 is 9.21 Å². The summed E-state index contributed by atoms with van der Waals surface area (Å²) >= 11 is 0. The number of aryl methyl sites for hydroxylation is 2. The third kappa shape index (κ3) is 2.77. The average molecular weight is 327 g/mol. The first kappa shape index (κ1) is 15.2. The van der Waals surface area contributed by atoms with E-state index in [1.807, 2.05) is 19.9 Å². The van der Waals surface area contributed by atoms with Crippen LogP contribution in [-0.2, 0) is 6.54 Å². The maximum absolute atomic E-state index is 12.5. The van der Waals surface area contributed by atoms with Crippen LogP contribution >= 0.6 is 0 Å². The number of amides is 1. The monoisotopic (exact) mass is 327 g/mol. The van der Waals surface area contributed by atoms with E-state index in [1.165, 1.54) is 12.8 Å². The Hall–Kier alpha value is -2.37. The highest BCUT2D eigenvalue weighted by molar-refractivity contribution is 5.95. The molecule has 0 atom stereocenters. The maximum Gasteiger partial charge on any atom is 0.266 e. The zero-order chi connectivity index (χ0) is 16.8. The molecule has 0 N–H and O–H groups in total. The molecule has 2 aromatic heterocycles. The molecule has 0 spiro atoms. The highest BCUT2D eigenvalue weighted by Gasteiger charge is 2.33. The van der Waals surface area contributed by atoms with Crippen LogP contribution in [-0.4, -0.2) is 33.7 Å². The van der Waals surface area contributed by atoms with Gasteiger partial charge in [-0.3, -0.25) is 9.59 Å². The van der Waals surface area contributed by atoms with Gasteiger partial charge in [-0.05, 0) is 38.8 Å². The van der Waals surface area contributed by atoms with Crippen molar-refractivity contribution in [2.24, 2.45) is 5.92 Å². The van der Waals surface area contributed by atoms with Gasteiger partial charge in [-0.1, -0.05) is 0 Å². The second-order valence-corrected chi connectivity index (χ2v) is 6.96. The van der Waals surface area contributed by atoms with Crippen LogP contribution in [0.2, 0.25) is 0 Å². The number of aromatic nitrogens is 2. The van der Waals surface area contributed by atoms with Gasteiger partial charge >= 0.3 is 0 Å². The largest absolute Gasteiger partial charge is 0.466 e. The van der Waals surface area contributed by atoms with Crippen LogP contribution < -0.4 is 5.56 Å². The second-order valence-electron chi connectivity index (χ2n) is 6.96. The molecule has 1 amide bonds. The third-order valence-electron chi connectivity index (χ3n) is 4.83. The molecule has 4 rings (SSSR count). The molecule has 2 aromatic rings. The summed E-state index contributed by atoms with van der Waals surface area (Å²) in [6, 6.07) is 5.24. The van der Waals surface area contributed by atoms with Gasteiger partial charge in [-0.25, -0.2) is 4.68 Å². The van der Waals surface area contributed by atoms with E-state index in [9.17, 15) is 9.59 Å². The topological polar surface area (TPSA) is 68.3 Å². The van der Waals surface area contributed by atoms with Gasteiger partial charge < -0.3 is 9.32 Å². The Balaban J connectivity index is 1.39. The standard InChI is InChI=1S/C18H21N3O3/c1-11-7-15(12(2)24-11)18(23)20-8-13(9-20)10-21-17(22)6-5-16(19-21)14-3-4-14/h5-7,13-14H,3-4,8-10H2,1-2H3. The molecule has 0 aromatic carbocycles. The summed E-state index contributed by atoms with van der Waals surface area (Å²) in [5.41, 5.74) is 1.59. The van der Waals surface area contributed by atoms with Gasteiger partial charge in [0.15, 0.2) is 0 Å². The number of likely N-dealkylation sites (tertiary alicyclic amines) is 1. The van der Waals surface area contributed by atoms with E-state index in [4.69, 9.17) is 4.42 Å². The van der Waals surface area contributed by atoms with Crippen molar-refractivity contribution in [3.05, 3.63) is 51.3 Å². The smallest absolute Gasteiger partial charge is 0.266 e. The summed E-state index contributed by atoms with van der Waals surface area (Å²) in [4.78, 5) is 26.2. The zero-order valence-electron chi connectivity index (χ0n) is 14.0. The van der Waals surface area contributed by atoms with Crippen molar-refractivity contribution in [3.8, 4) is 0 Å². The van der Waals surface area contributed by atoms with Gasteiger partial charge in [-0.2, -0.15) is 5.10 Å². The quantitative estimate of drug-likeness (QED) is 0.862. The van der Waals surface area contributed by atoms with E-state index >= 15 is 0 Å². The van der Waals surface area contributed by atoms with E-state index in [0.29, 0.717) is 36.9 Å². The number of carbonyl (C=O) groups is 1. The summed E-state index contributed by atoms with van der Waals surface area (Å²) in [5, 5.41) is 4.49. The molecule has 1 saturated carbocycles. The van der Waals surface area contributed by atoms with Crippen LogP contribution in [0.4, 0.5) is 0 Å². The number of carbonyl (C=O) groups excluding carboxylic acids is 1. The zero-order valence-corrected chi connectivity index (χ0v) is 14.0. The third-order valence-corrected chi connectivity index (χ3v) is 4.83. The number of rotatable bonds is 4. The summed E-state index contributed by atoms with van der Waals surface area (Å²) < 4.78 is 6.99. The lowest BCUT2D eigenvalue weighted by molar-refractivity contribution is 0.0456. The fourth-order valence-electron chi connectivity index (χ4n) is 3.30. The molecule has 1 saturated heterocycles. The lowest BCUT2D eigenvalue weighted by Gasteiger charge is -2.39. The van der Waals surface area contributed by atoms with Crippen LogP contribution in [0.3, 0.4) is 0 Å². The van der Waals surface area contributed by atoms with E-state index < -0.39 is 0 Å². The predicted molar refractivity (Wildman–Crippen MR) is 88.0 cm³/mol. The Labute approximate surface area is 140 Å². The van der Waals surface area contributed by atoms with Crippen molar-refractivity contribution in [1.82, 2.24) is 14.7 Å². The summed E-state index contributed by atoms with van der Waals surface area (Å²) in [7, 11) is 0. The molecule has 3 heterocycles. The lowest BCUT2D eigenvalue weighted by atomic mass is 9.99. The van der Waals surface area contributed by atoms with Gasteiger partial charge in [0, 0.05) is 31.0 Å². The highest BCUT2D eigenvalue weighted by atomic mass is 16.3. The van der Waals surface area contributed by atoms with Crippen LogP contribution in [0.1, 0.15) is 46.3 Å². The molecule has 126 valence electrons. The molecule has 2 aliphatic rings. The molecular weight excluding hydrogens is 306 g/mol. The molecule has 0 bridgehead atoms. The molecule has 0 unspecified atom stereocenters. The lowest BCUT2D eigenvalue weighted by Crippen LogP contribution is -2.52. The maximum atomic E-state index is 12.5. The Morgan fingerprint density at radius 2 is 2.04 bits per heavy atom. The fourth-order valence-corrected chi connectivity index (χ4v) is 3.30. The van der Waals surface area contributed by atoms with Gasteiger partial charge in [0.05, 0.1) is 17.8 Å². The fraction of sp³-hybridized carbons (Fsp3) is 0.500. The van der Waals surface area contributed by atoms with E-state index in [0.717, 1.165) is 11.5 Å². The van der Waals surface area contributed by atoms with Crippen molar-refractivity contribution in [3.63, 3.8) is 0 Å². The molecule has 1 aliphatic heterocycles.